The molecule has 0 aromatic carbocycles. The van der Waals surface area contributed by atoms with Crippen LogP contribution in [0.15, 0.2) is 18.3 Å². The van der Waals surface area contributed by atoms with Crippen molar-refractivity contribution in [1.29, 1.82) is 0 Å². The average Bonchev–Trinajstić information content (AvgIpc) is 2.18. The number of carbonyl (C=O) groups excluding carboxylic acids is 1. The monoisotopic (exact) mass is 207 g/mol. The zero-order chi connectivity index (χ0) is 11.4. The zero-order valence-corrected chi connectivity index (χ0v) is 9.32. The summed E-state index contributed by atoms with van der Waals surface area (Å²) >= 11 is 0. The van der Waals surface area contributed by atoms with Crippen LogP contribution in [0.3, 0.4) is 0 Å². The number of rotatable bonds is 3. The van der Waals surface area contributed by atoms with Gasteiger partial charge in [0.1, 0.15) is 5.82 Å². The largest absolute Gasteiger partial charge is 0.383 e. The Labute approximate surface area is 89.9 Å². The van der Waals surface area contributed by atoms with Crippen LogP contribution < -0.4 is 11.1 Å². The summed E-state index contributed by atoms with van der Waals surface area (Å²) < 4.78 is 0. The van der Waals surface area contributed by atoms with Gasteiger partial charge in [0.05, 0.1) is 5.56 Å². The number of carbonyl (C=O) groups is 1. The fraction of sp³-hybridized carbons (Fsp3) is 0.455. The van der Waals surface area contributed by atoms with E-state index in [-0.39, 0.29) is 17.8 Å². The second-order valence-electron chi connectivity index (χ2n) is 3.94. The standard InChI is InChI=1S/C11H17N3O/c1-7(2)8(3)14-11(15)9-5-4-6-13-10(9)12/h4-8H,1-3H3,(H2,12,13)(H,14,15). The van der Waals surface area contributed by atoms with E-state index in [9.17, 15) is 4.79 Å². The fourth-order valence-corrected chi connectivity index (χ4v) is 1.06. The number of hydrogen-bond donors (Lipinski definition) is 2. The van der Waals surface area contributed by atoms with Crippen molar-refractivity contribution in [3.05, 3.63) is 23.9 Å². The maximum atomic E-state index is 11.7. The van der Waals surface area contributed by atoms with Gasteiger partial charge in [0, 0.05) is 12.2 Å². The van der Waals surface area contributed by atoms with E-state index in [1.165, 1.54) is 0 Å². The lowest BCUT2D eigenvalue weighted by molar-refractivity contribution is 0.0931. The van der Waals surface area contributed by atoms with Gasteiger partial charge in [-0.25, -0.2) is 4.98 Å². The molecule has 0 spiro atoms. The van der Waals surface area contributed by atoms with E-state index in [1.54, 1.807) is 18.3 Å². The number of pyridine rings is 1. The lowest BCUT2D eigenvalue weighted by atomic mass is 10.1. The third kappa shape index (κ3) is 2.94. The number of nitrogens with one attached hydrogen (secondary N) is 1. The van der Waals surface area contributed by atoms with Gasteiger partial charge in [-0.15, -0.1) is 0 Å². The maximum absolute atomic E-state index is 11.7. The smallest absolute Gasteiger partial charge is 0.255 e. The van der Waals surface area contributed by atoms with E-state index >= 15 is 0 Å². The minimum absolute atomic E-state index is 0.122. The lowest BCUT2D eigenvalue weighted by Crippen LogP contribution is -2.36. The molecule has 4 heteroatoms. The van der Waals surface area contributed by atoms with Crippen molar-refractivity contribution in [2.24, 2.45) is 5.92 Å². The topological polar surface area (TPSA) is 68.0 Å². The molecule has 0 radical (unpaired) electrons. The quantitative estimate of drug-likeness (QED) is 0.788. The molecule has 0 aliphatic rings. The number of nitrogens with two attached hydrogens (primary N) is 1. The molecule has 0 fully saturated rings. The summed E-state index contributed by atoms with van der Waals surface area (Å²) in [6, 6.07) is 3.49. The highest BCUT2D eigenvalue weighted by atomic mass is 16.1. The van der Waals surface area contributed by atoms with E-state index < -0.39 is 0 Å². The van der Waals surface area contributed by atoms with Crippen LogP contribution in [0, 0.1) is 5.92 Å². The van der Waals surface area contributed by atoms with Crippen molar-refractivity contribution in [1.82, 2.24) is 10.3 Å². The Morgan fingerprint density at radius 3 is 2.67 bits per heavy atom. The Kier molecular flexibility index (Phi) is 3.66. The second kappa shape index (κ2) is 4.77. The molecular formula is C11H17N3O. The molecule has 15 heavy (non-hydrogen) atoms. The molecule has 1 heterocycles. The van der Waals surface area contributed by atoms with Crippen LogP contribution in [0.5, 0.6) is 0 Å². The van der Waals surface area contributed by atoms with Crippen molar-refractivity contribution in [3.8, 4) is 0 Å². The van der Waals surface area contributed by atoms with Gasteiger partial charge >= 0.3 is 0 Å². The highest BCUT2D eigenvalue weighted by molar-refractivity contribution is 5.98. The highest BCUT2D eigenvalue weighted by Crippen LogP contribution is 2.08. The van der Waals surface area contributed by atoms with E-state index in [4.69, 9.17) is 5.73 Å². The first-order valence-electron chi connectivity index (χ1n) is 5.03. The molecule has 82 valence electrons. The van der Waals surface area contributed by atoms with Gasteiger partial charge in [-0.2, -0.15) is 0 Å². The lowest BCUT2D eigenvalue weighted by Gasteiger charge is -2.17. The van der Waals surface area contributed by atoms with Crippen LogP contribution in [0.4, 0.5) is 5.82 Å². The minimum atomic E-state index is -0.165. The fourth-order valence-electron chi connectivity index (χ4n) is 1.06. The third-order valence-corrected chi connectivity index (χ3v) is 2.44. The molecule has 1 aromatic rings. The normalized spacial score (nSPS) is 12.5. The first-order chi connectivity index (χ1) is 7.02. The van der Waals surface area contributed by atoms with Crippen LogP contribution in [0.25, 0.3) is 0 Å². The van der Waals surface area contributed by atoms with Gasteiger partial charge in [-0.3, -0.25) is 4.79 Å². The molecule has 3 N–H and O–H groups in total. The molecule has 1 unspecified atom stereocenters. The molecule has 0 saturated heterocycles. The van der Waals surface area contributed by atoms with Crippen molar-refractivity contribution in [2.45, 2.75) is 26.8 Å². The van der Waals surface area contributed by atoms with Gasteiger partial charge in [0.25, 0.3) is 5.91 Å². The number of nitrogen functional groups attached to an aromatic ring is 1. The Hall–Kier alpha value is -1.58. The van der Waals surface area contributed by atoms with Crippen LogP contribution in [-0.4, -0.2) is 16.9 Å². The van der Waals surface area contributed by atoms with Gasteiger partial charge in [0.15, 0.2) is 0 Å². The molecule has 0 saturated carbocycles. The summed E-state index contributed by atoms with van der Waals surface area (Å²) in [4.78, 5) is 15.6. The molecule has 1 aromatic heterocycles. The zero-order valence-electron chi connectivity index (χ0n) is 9.32. The summed E-state index contributed by atoms with van der Waals surface area (Å²) in [7, 11) is 0. The van der Waals surface area contributed by atoms with Crippen LogP contribution in [-0.2, 0) is 0 Å². The van der Waals surface area contributed by atoms with E-state index in [2.05, 4.69) is 24.1 Å². The summed E-state index contributed by atoms with van der Waals surface area (Å²) in [5, 5.41) is 2.88. The number of anilines is 1. The Bertz CT molecular complexity index is 349. The van der Waals surface area contributed by atoms with E-state index in [1.807, 2.05) is 6.92 Å². The molecule has 0 bridgehead atoms. The molecule has 1 rings (SSSR count). The second-order valence-corrected chi connectivity index (χ2v) is 3.94. The third-order valence-electron chi connectivity index (χ3n) is 2.44. The summed E-state index contributed by atoms with van der Waals surface area (Å²) in [5.74, 6) is 0.500. The van der Waals surface area contributed by atoms with Gasteiger partial charge < -0.3 is 11.1 Å². The van der Waals surface area contributed by atoms with Crippen LogP contribution >= 0.6 is 0 Å². The van der Waals surface area contributed by atoms with E-state index in [0.29, 0.717) is 11.5 Å². The van der Waals surface area contributed by atoms with Crippen molar-refractivity contribution >= 4 is 11.7 Å². The molecule has 1 atom stereocenters. The minimum Gasteiger partial charge on any atom is -0.383 e. The number of amides is 1. The Balaban J connectivity index is 2.74. The molecule has 0 aliphatic heterocycles. The molecular weight excluding hydrogens is 190 g/mol. The van der Waals surface area contributed by atoms with Crippen molar-refractivity contribution < 1.29 is 4.79 Å². The average molecular weight is 207 g/mol. The first-order valence-corrected chi connectivity index (χ1v) is 5.03. The highest BCUT2D eigenvalue weighted by Gasteiger charge is 2.14. The number of aromatic nitrogens is 1. The molecule has 4 nitrogen and oxygen atoms in total. The molecule has 1 amide bonds. The predicted octanol–water partition coefficient (Wildman–Crippen LogP) is 1.44. The van der Waals surface area contributed by atoms with Crippen LogP contribution in [0.1, 0.15) is 31.1 Å². The number of hydrogen-bond acceptors (Lipinski definition) is 3. The Morgan fingerprint density at radius 1 is 1.47 bits per heavy atom. The Morgan fingerprint density at radius 2 is 2.13 bits per heavy atom. The van der Waals surface area contributed by atoms with Crippen LogP contribution in [0.2, 0.25) is 0 Å². The SMILES string of the molecule is CC(C)C(C)NC(=O)c1cccnc1N. The number of nitrogens with zero attached hydrogens (tertiary/aromatic N) is 1. The first kappa shape index (κ1) is 11.5. The van der Waals surface area contributed by atoms with Gasteiger partial charge in [-0.1, -0.05) is 13.8 Å². The summed E-state index contributed by atoms with van der Waals surface area (Å²) in [5.41, 5.74) is 6.04. The van der Waals surface area contributed by atoms with Gasteiger partial charge in [-0.05, 0) is 25.0 Å². The summed E-state index contributed by atoms with van der Waals surface area (Å²) in [6.45, 7) is 6.07. The maximum Gasteiger partial charge on any atom is 0.255 e. The van der Waals surface area contributed by atoms with Crippen molar-refractivity contribution in [3.63, 3.8) is 0 Å². The predicted molar refractivity (Wildman–Crippen MR) is 60.4 cm³/mol. The molecule has 0 aliphatic carbocycles. The summed E-state index contributed by atoms with van der Waals surface area (Å²) in [6.07, 6.45) is 1.57. The van der Waals surface area contributed by atoms with Crippen molar-refractivity contribution in [2.75, 3.05) is 5.73 Å². The van der Waals surface area contributed by atoms with Gasteiger partial charge in [0.2, 0.25) is 0 Å². The van der Waals surface area contributed by atoms with E-state index in [0.717, 1.165) is 0 Å².